The standard InChI is InChI=1S/C16H16N2O/c1-13-6-8-15(9-7-13)18-17-11-10-14-4-3-5-16(12-14)19-2/h3-12H,1-2H3/b11-10+,18-17?. The molecule has 0 N–H and O–H groups in total. The van der Waals surface area contributed by atoms with E-state index in [1.165, 1.54) is 5.56 Å². The van der Waals surface area contributed by atoms with Crippen molar-refractivity contribution in [3.8, 4) is 5.75 Å². The van der Waals surface area contributed by atoms with Crippen molar-refractivity contribution in [3.05, 3.63) is 65.9 Å². The van der Waals surface area contributed by atoms with Crippen molar-refractivity contribution in [1.82, 2.24) is 0 Å². The molecule has 0 aromatic heterocycles. The summed E-state index contributed by atoms with van der Waals surface area (Å²) in [5, 5.41) is 8.14. The van der Waals surface area contributed by atoms with E-state index in [9.17, 15) is 0 Å². The van der Waals surface area contributed by atoms with E-state index in [2.05, 4.69) is 10.2 Å². The lowest BCUT2D eigenvalue weighted by atomic mass is 10.2. The third-order valence-electron chi connectivity index (χ3n) is 2.63. The van der Waals surface area contributed by atoms with Gasteiger partial charge in [0.2, 0.25) is 0 Å². The Morgan fingerprint density at radius 3 is 2.58 bits per heavy atom. The molecule has 96 valence electrons. The van der Waals surface area contributed by atoms with Crippen LogP contribution in [0.15, 0.2) is 65.0 Å². The second kappa shape index (κ2) is 6.50. The van der Waals surface area contributed by atoms with Crippen LogP contribution in [0.2, 0.25) is 0 Å². The molecular formula is C16H16N2O. The average molecular weight is 252 g/mol. The lowest BCUT2D eigenvalue weighted by Crippen LogP contribution is -1.81. The zero-order chi connectivity index (χ0) is 13.5. The first-order valence-corrected chi connectivity index (χ1v) is 6.06. The Hall–Kier alpha value is -2.42. The van der Waals surface area contributed by atoms with Crippen LogP contribution < -0.4 is 4.74 Å². The van der Waals surface area contributed by atoms with Gasteiger partial charge >= 0.3 is 0 Å². The van der Waals surface area contributed by atoms with Gasteiger partial charge in [-0.15, -0.1) is 0 Å². The highest BCUT2D eigenvalue weighted by atomic mass is 16.5. The van der Waals surface area contributed by atoms with Crippen LogP contribution in [0, 0.1) is 6.92 Å². The normalized spacial score (nSPS) is 11.3. The maximum Gasteiger partial charge on any atom is 0.119 e. The van der Waals surface area contributed by atoms with Crippen LogP contribution >= 0.6 is 0 Å². The minimum absolute atomic E-state index is 0.831. The third kappa shape index (κ3) is 4.07. The number of rotatable bonds is 4. The number of azo groups is 1. The predicted molar refractivity (Wildman–Crippen MR) is 77.7 cm³/mol. The van der Waals surface area contributed by atoms with Crippen molar-refractivity contribution in [2.75, 3.05) is 7.11 Å². The molecule has 2 rings (SSSR count). The molecule has 0 unspecified atom stereocenters. The van der Waals surface area contributed by atoms with Crippen LogP contribution in [-0.4, -0.2) is 7.11 Å². The summed E-state index contributed by atoms with van der Waals surface area (Å²) < 4.78 is 5.15. The molecule has 3 heteroatoms. The Bertz CT molecular complexity index is 586. The summed E-state index contributed by atoms with van der Waals surface area (Å²) in [6, 6.07) is 15.7. The van der Waals surface area contributed by atoms with Crippen LogP contribution in [0.1, 0.15) is 11.1 Å². The molecule has 2 aromatic carbocycles. The summed E-state index contributed by atoms with van der Waals surface area (Å²) in [5.74, 6) is 0.831. The van der Waals surface area contributed by atoms with Gasteiger partial charge in [0, 0.05) is 0 Å². The number of nitrogens with zero attached hydrogens (tertiary/aromatic N) is 2. The van der Waals surface area contributed by atoms with Gasteiger partial charge in [0.05, 0.1) is 19.0 Å². The van der Waals surface area contributed by atoms with Gasteiger partial charge < -0.3 is 4.74 Å². The minimum atomic E-state index is 0.831. The van der Waals surface area contributed by atoms with Crippen molar-refractivity contribution in [3.63, 3.8) is 0 Å². The van der Waals surface area contributed by atoms with E-state index in [1.54, 1.807) is 13.3 Å². The number of ether oxygens (including phenoxy) is 1. The topological polar surface area (TPSA) is 34.0 Å². The van der Waals surface area contributed by atoms with Gasteiger partial charge in [0.1, 0.15) is 5.75 Å². The first-order chi connectivity index (χ1) is 9.28. The Labute approximate surface area is 113 Å². The second-order valence-corrected chi connectivity index (χ2v) is 4.14. The molecule has 0 saturated heterocycles. The highest BCUT2D eigenvalue weighted by molar-refractivity contribution is 5.51. The first-order valence-electron chi connectivity index (χ1n) is 6.06. The maximum atomic E-state index is 5.15. The van der Waals surface area contributed by atoms with Gasteiger partial charge in [-0.05, 0) is 42.8 Å². The molecule has 0 spiro atoms. The van der Waals surface area contributed by atoms with Gasteiger partial charge in [-0.3, -0.25) is 0 Å². The summed E-state index contributed by atoms with van der Waals surface area (Å²) in [6.45, 7) is 2.05. The van der Waals surface area contributed by atoms with Crippen molar-refractivity contribution in [1.29, 1.82) is 0 Å². The molecule has 2 aromatic rings. The van der Waals surface area contributed by atoms with Crippen molar-refractivity contribution >= 4 is 11.8 Å². The summed E-state index contributed by atoms with van der Waals surface area (Å²) in [4.78, 5) is 0. The van der Waals surface area contributed by atoms with E-state index in [0.29, 0.717) is 0 Å². The van der Waals surface area contributed by atoms with Crippen molar-refractivity contribution in [2.24, 2.45) is 10.2 Å². The van der Waals surface area contributed by atoms with Gasteiger partial charge in [0.25, 0.3) is 0 Å². The number of hydrogen-bond acceptors (Lipinski definition) is 3. The van der Waals surface area contributed by atoms with Crippen LogP contribution in [0.3, 0.4) is 0 Å². The largest absolute Gasteiger partial charge is 0.497 e. The SMILES string of the molecule is COc1cccc(/C=C/N=Nc2ccc(C)cc2)c1. The zero-order valence-corrected chi connectivity index (χ0v) is 11.1. The van der Waals surface area contributed by atoms with Gasteiger partial charge in [-0.25, -0.2) is 0 Å². The molecule has 0 aliphatic carbocycles. The highest BCUT2D eigenvalue weighted by Crippen LogP contribution is 2.15. The summed E-state index contributed by atoms with van der Waals surface area (Å²) in [6.07, 6.45) is 3.56. The summed E-state index contributed by atoms with van der Waals surface area (Å²) in [7, 11) is 1.65. The molecule has 0 radical (unpaired) electrons. The second-order valence-electron chi connectivity index (χ2n) is 4.14. The lowest BCUT2D eigenvalue weighted by Gasteiger charge is -1.99. The minimum Gasteiger partial charge on any atom is -0.497 e. The van der Waals surface area contributed by atoms with Crippen molar-refractivity contribution in [2.45, 2.75) is 6.92 Å². The summed E-state index contributed by atoms with van der Waals surface area (Å²) >= 11 is 0. The number of aryl methyl sites for hydroxylation is 1. The fraction of sp³-hybridized carbons (Fsp3) is 0.125. The smallest absolute Gasteiger partial charge is 0.119 e. The summed E-state index contributed by atoms with van der Waals surface area (Å²) in [5.41, 5.74) is 3.09. The number of methoxy groups -OCH3 is 1. The molecule has 0 aliphatic heterocycles. The predicted octanol–water partition coefficient (Wildman–Crippen LogP) is 4.76. The number of hydrogen-bond donors (Lipinski definition) is 0. The first kappa shape index (κ1) is 13.0. The van der Waals surface area contributed by atoms with Gasteiger partial charge in [-0.2, -0.15) is 10.2 Å². The Balaban J connectivity index is 2.00. The van der Waals surface area contributed by atoms with Crippen LogP contribution in [0.25, 0.3) is 6.08 Å². The maximum absolute atomic E-state index is 5.15. The zero-order valence-electron chi connectivity index (χ0n) is 11.1. The molecule has 0 aliphatic rings. The van der Waals surface area contributed by atoms with E-state index in [4.69, 9.17) is 4.74 Å². The van der Waals surface area contributed by atoms with Crippen LogP contribution in [0.5, 0.6) is 5.75 Å². The van der Waals surface area contributed by atoms with Gasteiger partial charge in [0.15, 0.2) is 0 Å². The fourth-order valence-corrected chi connectivity index (χ4v) is 1.58. The Morgan fingerprint density at radius 1 is 1.05 bits per heavy atom. The van der Waals surface area contributed by atoms with E-state index in [0.717, 1.165) is 17.0 Å². The molecule has 0 saturated carbocycles. The fourth-order valence-electron chi connectivity index (χ4n) is 1.58. The molecule has 19 heavy (non-hydrogen) atoms. The Kier molecular flexibility index (Phi) is 4.45. The van der Waals surface area contributed by atoms with Crippen LogP contribution in [0.4, 0.5) is 5.69 Å². The highest BCUT2D eigenvalue weighted by Gasteiger charge is 1.91. The van der Waals surface area contributed by atoms with Crippen LogP contribution in [-0.2, 0) is 0 Å². The third-order valence-corrected chi connectivity index (χ3v) is 2.63. The average Bonchev–Trinajstić information content (AvgIpc) is 2.46. The Morgan fingerprint density at radius 2 is 1.84 bits per heavy atom. The molecule has 0 heterocycles. The monoisotopic (exact) mass is 252 g/mol. The quantitative estimate of drug-likeness (QED) is 0.722. The van der Waals surface area contributed by atoms with E-state index in [1.807, 2.05) is 61.5 Å². The van der Waals surface area contributed by atoms with E-state index in [-0.39, 0.29) is 0 Å². The molecule has 0 amide bonds. The van der Waals surface area contributed by atoms with E-state index < -0.39 is 0 Å². The molecule has 3 nitrogen and oxygen atoms in total. The molecule has 0 bridgehead atoms. The molecular weight excluding hydrogens is 236 g/mol. The number of benzene rings is 2. The van der Waals surface area contributed by atoms with E-state index >= 15 is 0 Å². The molecule has 0 fully saturated rings. The van der Waals surface area contributed by atoms with Crippen molar-refractivity contribution < 1.29 is 4.74 Å². The lowest BCUT2D eigenvalue weighted by molar-refractivity contribution is 0.414. The van der Waals surface area contributed by atoms with Gasteiger partial charge in [-0.1, -0.05) is 29.8 Å². The molecule has 0 atom stereocenters.